The summed E-state index contributed by atoms with van der Waals surface area (Å²) in [6.45, 7) is 3.53. The van der Waals surface area contributed by atoms with Gasteiger partial charge in [-0.05, 0) is 19.3 Å². The lowest BCUT2D eigenvalue weighted by atomic mass is 9.85. The second-order valence-corrected chi connectivity index (χ2v) is 3.57. The van der Waals surface area contributed by atoms with E-state index in [-0.39, 0.29) is 6.42 Å². The second-order valence-electron chi connectivity index (χ2n) is 3.10. The lowest BCUT2D eigenvalue weighted by Gasteiger charge is -2.30. The van der Waals surface area contributed by atoms with Gasteiger partial charge in [0, 0.05) is 0 Å². The molecule has 1 fully saturated rings. The van der Waals surface area contributed by atoms with Gasteiger partial charge in [0.05, 0.1) is 11.3 Å². The Labute approximate surface area is 74.4 Å². The molecule has 0 aliphatic heterocycles. The zero-order chi connectivity index (χ0) is 9.35. The van der Waals surface area contributed by atoms with Crippen molar-refractivity contribution in [2.45, 2.75) is 30.8 Å². The fourth-order valence-electron chi connectivity index (χ4n) is 1.45. The van der Waals surface area contributed by atoms with Gasteiger partial charge in [-0.2, -0.15) is 13.2 Å². The molecule has 0 nitrogen and oxygen atoms in total. The van der Waals surface area contributed by atoms with E-state index in [0.29, 0.717) is 18.4 Å². The topological polar surface area (TPSA) is 0 Å². The van der Waals surface area contributed by atoms with Crippen molar-refractivity contribution >= 4 is 11.6 Å². The number of allylic oxidation sites excluding steroid dienone is 1. The quantitative estimate of drug-likeness (QED) is 0.413. The van der Waals surface area contributed by atoms with E-state index in [1.807, 2.05) is 0 Å². The fraction of sp³-hybridized carbons (Fsp3) is 0.750. The average molecular weight is 199 g/mol. The minimum Gasteiger partial charge on any atom is -0.171 e. The van der Waals surface area contributed by atoms with Crippen LogP contribution in [0.15, 0.2) is 12.2 Å². The van der Waals surface area contributed by atoms with Crippen LogP contribution in [-0.4, -0.2) is 11.6 Å². The van der Waals surface area contributed by atoms with E-state index in [2.05, 4.69) is 6.58 Å². The van der Waals surface area contributed by atoms with Crippen molar-refractivity contribution in [3.63, 3.8) is 0 Å². The molecule has 0 aromatic heterocycles. The van der Waals surface area contributed by atoms with Crippen LogP contribution in [0.1, 0.15) is 19.3 Å². The van der Waals surface area contributed by atoms with Crippen molar-refractivity contribution in [2.75, 3.05) is 0 Å². The second kappa shape index (κ2) is 3.29. The maximum Gasteiger partial charge on any atom is 0.393 e. The minimum atomic E-state index is -4.17. The molecule has 1 saturated carbocycles. The Bertz CT molecular complexity index is 185. The summed E-state index contributed by atoms with van der Waals surface area (Å²) < 4.78 is 36.7. The smallest absolute Gasteiger partial charge is 0.171 e. The maximum atomic E-state index is 12.2. The largest absolute Gasteiger partial charge is 0.393 e. The predicted octanol–water partition coefficient (Wildman–Crippen LogP) is 3.51. The van der Waals surface area contributed by atoms with Crippen LogP contribution in [0.2, 0.25) is 0 Å². The predicted molar refractivity (Wildman–Crippen MR) is 42.2 cm³/mol. The highest BCUT2D eigenvalue weighted by molar-refractivity contribution is 6.22. The molecule has 70 valence electrons. The van der Waals surface area contributed by atoms with E-state index < -0.39 is 17.5 Å². The van der Waals surface area contributed by atoms with Crippen molar-refractivity contribution in [2.24, 2.45) is 5.92 Å². The molecule has 0 amide bonds. The average Bonchev–Trinajstić information content (AvgIpc) is 1.92. The van der Waals surface area contributed by atoms with Crippen LogP contribution in [0.25, 0.3) is 0 Å². The van der Waals surface area contributed by atoms with Gasteiger partial charge in [0.2, 0.25) is 0 Å². The third kappa shape index (κ3) is 1.94. The molecule has 0 radical (unpaired) electrons. The summed E-state index contributed by atoms with van der Waals surface area (Å²) in [5, 5.41) is -0.918. The minimum absolute atomic E-state index is 0.136. The van der Waals surface area contributed by atoms with Crippen molar-refractivity contribution in [1.29, 1.82) is 0 Å². The first-order valence-corrected chi connectivity index (χ1v) is 4.25. The van der Waals surface area contributed by atoms with Gasteiger partial charge in [-0.3, -0.25) is 0 Å². The molecule has 4 heteroatoms. The van der Waals surface area contributed by atoms with Crippen LogP contribution in [0.3, 0.4) is 0 Å². The molecule has 0 aromatic rings. The van der Waals surface area contributed by atoms with Crippen LogP contribution in [0.4, 0.5) is 13.2 Å². The maximum absolute atomic E-state index is 12.2. The van der Waals surface area contributed by atoms with Crippen LogP contribution in [-0.2, 0) is 0 Å². The van der Waals surface area contributed by atoms with E-state index in [1.165, 1.54) is 0 Å². The van der Waals surface area contributed by atoms with Crippen LogP contribution in [0, 0.1) is 5.92 Å². The van der Waals surface area contributed by atoms with Gasteiger partial charge in [-0.25, -0.2) is 0 Å². The highest BCUT2D eigenvalue weighted by atomic mass is 35.5. The zero-order valence-corrected chi connectivity index (χ0v) is 7.25. The van der Waals surface area contributed by atoms with Gasteiger partial charge in [-0.15, -0.1) is 11.6 Å². The van der Waals surface area contributed by atoms with Gasteiger partial charge < -0.3 is 0 Å². The number of halogens is 4. The van der Waals surface area contributed by atoms with Gasteiger partial charge >= 0.3 is 6.18 Å². The Balaban J connectivity index is 2.70. The van der Waals surface area contributed by atoms with Crippen molar-refractivity contribution in [3.05, 3.63) is 12.2 Å². The molecule has 1 aliphatic rings. The molecule has 1 rings (SSSR count). The molecule has 0 saturated heterocycles. The molecule has 1 aliphatic carbocycles. The number of hydrogen-bond acceptors (Lipinski definition) is 0. The number of hydrogen-bond donors (Lipinski definition) is 0. The summed E-state index contributed by atoms with van der Waals surface area (Å²) >= 11 is 5.60. The first kappa shape index (κ1) is 9.90. The standard InChI is InChI=1S/C8H10ClF3/c1-5-3-2-4-6(7(5)9)8(10,11)12/h6-7H,1-4H2. The molecular weight excluding hydrogens is 189 g/mol. The summed E-state index contributed by atoms with van der Waals surface area (Å²) in [5.74, 6) is -1.39. The van der Waals surface area contributed by atoms with E-state index >= 15 is 0 Å². The first-order valence-electron chi connectivity index (χ1n) is 3.81. The zero-order valence-electron chi connectivity index (χ0n) is 6.49. The van der Waals surface area contributed by atoms with Crippen LogP contribution >= 0.6 is 11.6 Å². The highest BCUT2D eigenvalue weighted by Crippen LogP contribution is 2.41. The Morgan fingerprint density at radius 2 is 2.00 bits per heavy atom. The normalized spacial score (nSPS) is 32.2. The van der Waals surface area contributed by atoms with Crippen molar-refractivity contribution in [3.8, 4) is 0 Å². The molecule has 0 spiro atoms. The van der Waals surface area contributed by atoms with E-state index in [9.17, 15) is 13.2 Å². The Morgan fingerprint density at radius 1 is 1.42 bits per heavy atom. The fourth-order valence-corrected chi connectivity index (χ4v) is 1.83. The summed E-state index contributed by atoms with van der Waals surface area (Å²) in [4.78, 5) is 0. The molecule has 0 heterocycles. The summed E-state index contributed by atoms with van der Waals surface area (Å²) in [7, 11) is 0. The highest BCUT2D eigenvalue weighted by Gasteiger charge is 2.45. The lowest BCUT2D eigenvalue weighted by Crippen LogP contribution is -2.34. The third-order valence-electron chi connectivity index (χ3n) is 2.18. The van der Waals surface area contributed by atoms with E-state index in [4.69, 9.17) is 11.6 Å². The van der Waals surface area contributed by atoms with Crippen LogP contribution < -0.4 is 0 Å². The Kier molecular flexibility index (Phi) is 2.71. The number of alkyl halides is 4. The van der Waals surface area contributed by atoms with Gasteiger partial charge in [0.25, 0.3) is 0 Å². The molecule has 12 heavy (non-hydrogen) atoms. The van der Waals surface area contributed by atoms with Crippen molar-refractivity contribution in [1.82, 2.24) is 0 Å². The first-order chi connectivity index (χ1) is 5.43. The van der Waals surface area contributed by atoms with Gasteiger partial charge in [0.1, 0.15) is 0 Å². The molecule has 0 aromatic carbocycles. The van der Waals surface area contributed by atoms with E-state index in [1.54, 1.807) is 0 Å². The monoisotopic (exact) mass is 198 g/mol. The number of rotatable bonds is 0. The Morgan fingerprint density at radius 3 is 2.42 bits per heavy atom. The Hall–Kier alpha value is -0.180. The summed E-state index contributed by atoms with van der Waals surface area (Å²) in [6.07, 6.45) is -2.86. The molecule has 2 atom stereocenters. The molecule has 2 unspecified atom stereocenters. The summed E-state index contributed by atoms with van der Waals surface area (Å²) in [5.41, 5.74) is 0.519. The summed E-state index contributed by atoms with van der Waals surface area (Å²) in [6, 6.07) is 0. The molecular formula is C8H10ClF3. The SMILES string of the molecule is C=C1CCCC(C(F)(F)F)C1Cl. The molecule has 0 bridgehead atoms. The third-order valence-corrected chi connectivity index (χ3v) is 2.79. The van der Waals surface area contributed by atoms with Crippen LogP contribution in [0.5, 0.6) is 0 Å². The molecule has 0 N–H and O–H groups in total. The van der Waals surface area contributed by atoms with Gasteiger partial charge in [-0.1, -0.05) is 12.2 Å². The van der Waals surface area contributed by atoms with E-state index in [0.717, 1.165) is 0 Å². The van der Waals surface area contributed by atoms with Gasteiger partial charge in [0.15, 0.2) is 0 Å². The lowest BCUT2D eigenvalue weighted by molar-refractivity contribution is -0.177. The van der Waals surface area contributed by atoms with Crippen molar-refractivity contribution < 1.29 is 13.2 Å².